The van der Waals surface area contributed by atoms with Gasteiger partial charge in [-0.05, 0) is 55.6 Å². The van der Waals surface area contributed by atoms with E-state index in [1.54, 1.807) is 65.7 Å². The number of nitrogens with zero attached hydrogens (tertiary/aromatic N) is 2. The molecule has 0 spiro atoms. The molecular formula is C28H35N3O7S3. The topological polar surface area (TPSA) is 133 Å². The number of sulfonamides is 2. The second-order valence-electron chi connectivity index (χ2n) is 10.3. The molecule has 0 unspecified atom stereocenters. The van der Waals surface area contributed by atoms with Crippen molar-refractivity contribution in [3.05, 3.63) is 71.1 Å². The van der Waals surface area contributed by atoms with Gasteiger partial charge in [0.25, 0.3) is 10.0 Å². The van der Waals surface area contributed by atoms with Gasteiger partial charge in [0.1, 0.15) is 16.1 Å². The number of aliphatic hydroxyl groups excluding tert-OH is 1. The van der Waals surface area contributed by atoms with Crippen molar-refractivity contribution in [3.63, 3.8) is 0 Å². The number of hydrogen-bond donors (Lipinski definition) is 2. The minimum atomic E-state index is -3.82. The number of fused-ring (bicyclic) bond motifs is 1. The van der Waals surface area contributed by atoms with Crippen molar-refractivity contribution in [2.75, 3.05) is 31.5 Å². The first kappa shape index (κ1) is 31.0. The number of anilines is 1. The Morgan fingerprint density at radius 1 is 1.15 bits per heavy atom. The summed E-state index contributed by atoms with van der Waals surface area (Å²) in [7, 11) is -6.15. The van der Waals surface area contributed by atoms with Crippen molar-refractivity contribution in [2.45, 2.75) is 48.4 Å². The number of carbonyl (C=O) groups excluding carboxylic acids is 1. The highest BCUT2D eigenvalue weighted by Gasteiger charge is 2.33. The Morgan fingerprint density at radius 2 is 1.85 bits per heavy atom. The zero-order valence-electron chi connectivity index (χ0n) is 23.3. The highest BCUT2D eigenvalue weighted by atomic mass is 32.2. The van der Waals surface area contributed by atoms with Crippen LogP contribution in [-0.2, 0) is 31.3 Å². The second kappa shape index (κ2) is 12.5. The summed E-state index contributed by atoms with van der Waals surface area (Å²) in [6.07, 6.45) is -0.752. The van der Waals surface area contributed by atoms with E-state index in [0.29, 0.717) is 11.3 Å². The van der Waals surface area contributed by atoms with Crippen molar-refractivity contribution in [1.82, 2.24) is 9.21 Å². The lowest BCUT2D eigenvalue weighted by atomic mass is 10.0. The number of rotatable bonds is 9. The van der Waals surface area contributed by atoms with Crippen LogP contribution in [0.2, 0.25) is 0 Å². The molecule has 0 radical (unpaired) electrons. The summed E-state index contributed by atoms with van der Waals surface area (Å²) in [6.45, 7) is 5.46. The number of thiophene rings is 1. The predicted octanol–water partition coefficient (Wildman–Crippen LogP) is 3.33. The summed E-state index contributed by atoms with van der Waals surface area (Å²) < 4.78 is 62.6. The number of aryl methyl sites for hydroxylation is 1. The Morgan fingerprint density at radius 3 is 2.49 bits per heavy atom. The Hall–Kier alpha value is -2.97. The Kier molecular flexibility index (Phi) is 9.44. The van der Waals surface area contributed by atoms with Gasteiger partial charge in [-0.1, -0.05) is 30.7 Å². The summed E-state index contributed by atoms with van der Waals surface area (Å²) >= 11 is 1.09. The number of likely N-dealkylation sites (N-methyl/N-ethyl adjacent to an activating group) is 1. The van der Waals surface area contributed by atoms with Gasteiger partial charge in [0.2, 0.25) is 15.9 Å². The van der Waals surface area contributed by atoms with Gasteiger partial charge < -0.3 is 14.7 Å². The standard InChI is InChI=1S/C28H35N3O7S3/c1-19-7-10-24(11-8-19)41(36,37)30(4)17-26-20(2)16-31(21(3)18-32)27(33)15-22-14-23(9-12-25(22)38-26)29-40(34,35)28-6-5-13-39-28/h5-14,20-21,26,29,32H,15-18H2,1-4H3/t20-,21+,26-/m0/s1. The zero-order valence-corrected chi connectivity index (χ0v) is 25.8. The van der Waals surface area contributed by atoms with E-state index in [9.17, 15) is 26.7 Å². The lowest BCUT2D eigenvalue weighted by Gasteiger charge is -2.33. The number of ether oxygens (including phenoxy) is 1. The van der Waals surface area contributed by atoms with Crippen LogP contribution >= 0.6 is 11.3 Å². The Labute approximate surface area is 245 Å². The maximum atomic E-state index is 13.4. The van der Waals surface area contributed by atoms with Gasteiger partial charge in [-0.25, -0.2) is 16.8 Å². The van der Waals surface area contributed by atoms with Gasteiger partial charge in [0.05, 0.1) is 30.5 Å². The summed E-state index contributed by atoms with van der Waals surface area (Å²) in [5.74, 6) is -0.219. The molecule has 2 N–H and O–H groups in total. The lowest BCUT2D eigenvalue weighted by Crippen LogP contribution is -2.48. The molecule has 1 amide bonds. The lowest BCUT2D eigenvalue weighted by molar-refractivity contribution is -0.134. The number of carbonyl (C=O) groups is 1. The highest BCUT2D eigenvalue weighted by Crippen LogP contribution is 2.31. The molecular weight excluding hydrogens is 587 g/mol. The Bertz CT molecular complexity index is 1570. The second-order valence-corrected chi connectivity index (χ2v) is 15.2. The molecule has 0 aliphatic carbocycles. The smallest absolute Gasteiger partial charge is 0.271 e. The first-order valence-electron chi connectivity index (χ1n) is 13.1. The molecule has 222 valence electrons. The molecule has 3 atom stereocenters. The average molecular weight is 622 g/mol. The molecule has 1 aliphatic heterocycles. The highest BCUT2D eigenvalue weighted by molar-refractivity contribution is 7.94. The molecule has 0 bridgehead atoms. The molecule has 41 heavy (non-hydrogen) atoms. The van der Waals surface area contributed by atoms with Crippen LogP contribution in [0.5, 0.6) is 5.75 Å². The van der Waals surface area contributed by atoms with Crippen LogP contribution in [0, 0.1) is 12.8 Å². The third kappa shape index (κ3) is 7.09. The van der Waals surface area contributed by atoms with Crippen molar-refractivity contribution < 1.29 is 31.5 Å². The molecule has 0 fully saturated rings. The van der Waals surface area contributed by atoms with E-state index >= 15 is 0 Å². The van der Waals surface area contributed by atoms with Crippen LogP contribution in [-0.4, -0.2) is 75.9 Å². The number of amides is 1. The van der Waals surface area contributed by atoms with Gasteiger partial charge >= 0.3 is 0 Å². The van der Waals surface area contributed by atoms with Crippen molar-refractivity contribution in [3.8, 4) is 5.75 Å². The first-order valence-corrected chi connectivity index (χ1v) is 16.9. The van der Waals surface area contributed by atoms with E-state index in [0.717, 1.165) is 16.9 Å². The molecule has 3 aromatic rings. The molecule has 2 heterocycles. The van der Waals surface area contributed by atoms with Crippen LogP contribution in [0.3, 0.4) is 0 Å². The number of benzene rings is 2. The van der Waals surface area contributed by atoms with Crippen LogP contribution in [0.25, 0.3) is 0 Å². The SMILES string of the molecule is Cc1ccc(S(=O)(=O)N(C)C[C@@H]2Oc3ccc(NS(=O)(=O)c4cccs4)cc3CC(=O)N([C@H](C)CO)C[C@@H]2C)cc1. The van der Waals surface area contributed by atoms with E-state index in [1.807, 2.05) is 13.8 Å². The number of aliphatic hydroxyl groups is 1. The minimum absolute atomic E-state index is 0.000882. The van der Waals surface area contributed by atoms with Gasteiger partial charge in [-0.15, -0.1) is 11.3 Å². The molecule has 13 heteroatoms. The van der Waals surface area contributed by atoms with Gasteiger partial charge in [0.15, 0.2) is 0 Å². The summed E-state index contributed by atoms with van der Waals surface area (Å²) in [5.41, 5.74) is 1.65. The fourth-order valence-electron chi connectivity index (χ4n) is 4.57. The maximum Gasteiger partial charge on any atom is 0.271 e. The summed E-state index contributed by atoms with van der Waals surface area (Å²) in [4.78, 5) is 15.2. The number of hydrogen-bond acceptors (Lipinski definition) is 8. The van der Waals surface area contributed by atoms with Crippen LogP contribution in [0.4, 0.5) is 5.69 Å². The van der Waals surface area contributed by atoms with Gasteiger partial charge in [-0.3, -0.25) is 9.52 Å². The van der Waals surface area contributed by atoms with Crippen molar-refractivity contribution >= 4 is 43.0 Å². The molecule has 1 aliphatic rings. The first-order chi connectivity index (χ1) is 19.3. The van der Waals surface area contributed by atoms with E-state index in [1.165, 1.54) is 17.4 Å². The van der Waals surface area contributed by atoms with Gasteiger partial charge in [-0.2, -0.15) is 4.31 Å². The largest absolute Gasteiger partial charge is 0.488 e. The molecule has 10 nitrogen and oxygen atoms in total. The number of nitrogens with one attached hydrogen (secondary N) is 1. The summed E-state index contributed by atoms with van der Waals surface area (Å²) in [5, 5.41) is 11.5. The Balaban J connectivity index is 1.68. The minimum Gasteiger partial charge on any atom is -0.488 e. The van der Waals surface area contributed by atoms with Crippen LogP contribution in [0.1, 0.15) is 25.0 Å². The third-order valence-corrected chi connectivity index (χ3v) is 11.7. The fourth-order valence-corrected chi connectivity index (χ4v) is 7.80. The van der Waals surface area contributed by atoms with E-state index in [2.05, 4.69) is 4.72 Å². The normalized spacial score (nSPS) is 19.1. The van der Waals surface area contributed by atoms with E-state index in [-0.39, 0.29) is 52.7 Å². The fraction of sp³-hybridized carbons (Fsp3) is 0.393. The zero-order chi connectivity index (χ0) is 29.9. The molecule has 1 aromatic heterocycles. The average Bonchev–Trinajstić information content (AvgIpc) is 3.49. The van der Waals surface area contributed by atoms with E-state index < -0.39 is 32.2 Å². The van der Waals surface area contributed by atoms with Crippen LogP contribution < -0.4 is 9.46 Å². The molecule has 2 aromatic carbocycles. The molecule has 0 saturated heterocycles. The van der Waals surface area contributed by atoms with Gasteiger partial charge in [0, 0.05) is 30.8 Å². The molecule has 0 saturated carbocycles. The van der Waals surface area contributed by atoms with Crippen LogP contribution in [0.15, 0.2) is 69.1 Å². The molecule has 4 rings (SSSR count). The predicted molar refractivity (Wildman–Crippen MR) is 158 cm³/mol. The van der Waals surface area contributed by atoms with Crippen molar-refractivity contribution in [2.24, 2.45) is 5.92 Å². The maximum absolute atomic E-state index is 13.4. The van der Waals surface area contributed by atoms with E-state index in [4.69, 9.17) is 4.74 Å². The third-order valence-electron chi connectivity index (χ3n) is 7.09. The monoisotopic (exact) mass is 621 g/mol. The quantitative estimate of drug-likeness (QED) is 0.375. The van der Waals surface area contributed by atoms with Crippen molar-refractivity contribution in [1.29, 1.82) is 0 Å². The summed E-state index contributed by atoms with van der Waals surface area (Å²) in [6, 6.07) is 14.0.